The van der Waals surface area contributed by atoms with Gasteiger partial charge >= 0.3 is 0 Å². The van der Waals surface area contributed by atoms with Crippen LogP contribution in [-0.2, 0) is 6.54 Å². The number of hydrogen-bond acceptors (Lipinski definition) is 3. The van der Waals surface area contributed by atoms with Crippen molar-refractivity contribution in [1.82, 2.24) is 14.1 Å². The fourth-order valence-electron chi connectivity index (χ4n) is 6.92. The van der Waals surface area contributed by atoms with Gasteiger partial charge in [-0.2, -0.15) is 0 Å². The molecule has 4 rings (SSSR count). The molecule has 188 valence electrons. The number of rotatable bonds is 8. The molecule has 1 atom stereocenters. The zero-order valence-corrected chi connectivity index (χ0v) is 23.8. The lowest BCUT2D eigenvalue weighted by molar-refractivity contribution is 0.0813. The van der Waals surface area contributed by atoms with Gasteiger partial charge in [0.15, 0.2) is 14.0 Å². The number of fused-ring (bicyclic) bond motifs is 1. The van der Waals surface area contributed by atoms with E-state index < -0.39 is 8.24 Å². The van der Waals surface area contributed by atoms with Crippen molar-refractivity contribution >= 4 is 36.7 Å². The highest BCUT2D eigenvalue weighted by Crippen LogP contribution is 2.44. The minimum Gasteiger partial charge on any atom is -0.359 e. The van der Waals surface area contributed by atoms with E-state index in [1.165, 1.54) is 5.56 Å². The van der Waals surface area contributed by atoms with Crippen LogP contribution in [0.4, 0.5) is 0 Å². The molecule has 3 aromatic rings. The number of Topliss-reactive ketones (excluding diaryl/α,β-unsaturated/α-hetero) is 1. The van der Waals surface area contributed by atoms with E-state index in [9.17, 15) is 4.79 Å². The Kier molecular flexibility index (Phi) is 7.89. The van der Waals surface area contributed by atoms with Crippen LogP contribution in [-0.4, -0.2) is 41.2 Å². The quantitative estimate of drug-likeness (QED) is 0.229. The largest absolute Gasteiger partial charge is 0.359 e. The Morgan fingerprint density at radius 1 is 1.06 bits per heavy atom. The summed E-state index contributed by atoms with van der Waals surface area (Å²) in [4.78, 5) is 21.2. The predicted octanol–water partition coefficient (Wildman–Crippen LogP) is 7.81. The van der Waals surface area contributed by atoms with Crippen molar-refractivity contribution in [3.05, 3.63) is 64.9 Å². The van der Waals surface area contributed by atoms with E-state index in [2.05, 4.69) is 87.2 Å². The first-order valence-corrected chi connectivity index (χ1v) is 15.7. The zero-order chi connectivity index (χ0) is 25.3. The smallest absolute Gasteiger partial charge is 0.171 e. The van der Waals surface area contributed by atoms with Crippen LogP contribution < -0.4 is 0 Å². The number of halogens is 1. The molecule has 0 bridgehead atoms. The van der Waals surface area contributed by atoms with Crippen LogP contribution in [0.3, 0.4) is 0 Å². The fraction of sp³-hybridized carbons (Fsp3) is 0.517. The Bertz CT molecular complexity index is 1150. The molecular formula is C29H40ClN3OSi. The van der Waals surface area contributed by atoms with Gasteiger partial charge in [0.2, 0.25) is 0 Å². The SMILES string of the molecule is CC(C)[Si](C(C)C)(C(C)C)n1ccc2c(C(=O)[C@@H]3CCCN(Cc4ccccc4)C3)c(Cl)cnc21. The van der Waals surface area contributed by atoms with Crippen molar-refractivity contribution in [3.63, 3.8) is 0 Å². The number of hydrogen-bond donors (Lipinski definition) is 0. The van der Waals surface area contributed by atoms with E-state index in [-0.39, 0.29) is 11.7 Å². The Morgan fingerprint density at radius 2 is 1.71 bits per heavy atom. The van der Waals surface area contributed by atoms with Crippen LogP contribution in [0.25, 0.3) is 11.0 Å². The van der Waals surface area contributed by atoms with Crippen molar-refractivity contribution < 1.29 is 4.79 Å². The highest BCUT2D eigenvalue weighted by atomic mass is 35.5. The third-order valence-corrected chi connectivity index (χ3v) is 15.3. The first kappa shape index (κ1) is 26.1. The fourth-order valence-corrected chi connectivity index (χ4v) is 13.7. The Balaban J connectivity index is 1.70. The summed E-state index contributed by atoms with van der Waals surface area (Å²) in [5, 5.41) is 1.40. The molecule has 0 N–H and O–H groups in total. The van der Waals surface area contributed by atoms with Crippen LogP contribution in [0.15, 0.2) is 48.8 Å². The van der Waals surface area contributed by atoms with E-state index >= 15 is 0 Å². The summed E-state index contributed by atoms with van der Waals surface area (Å²) < 4.78 is 2.47. The molecular weight excluding hydrogens is 470 g/mol. The van der Waals surface area contributed by atoms with Crippen molar-refractivity contribution in [3.8, 4) is 0 Å². The summed E-state index contributed by atoms with van der Waals surface area (Å²) in [7, 11) is -1.99. The zero-order valence-electron chi connectivity index (χ0n) is 22.1. The molecule has 1 aliphatic heterocycles. The lowest BCUT2D eigenvalue weighted by Crippen LogP contribution is -2.51. The van der Waals surface area contributed by atoms with Crippen LogP contribution in [0.1, 0.15) is 70.3 Å². The van der Waals surface area contributed by atoms with E-state index in [1.54, 1.807) is 6.20 Å². The predicted molar refractivity (Wildman–Crippen MR) is 150 cm³/mol. The lowest BCUT2D eigenvalue weighted by Gasteiger charge is -2.44. The van der Waals surface area contributed by atoms with Gasteiger partial charge in [-0.15, -0.1) is 0 Å². The van der Waals surface area contributed by atoms with Gasteiger partial charge in [0.25, 0.3) is 0 Å². The van der Waals surface area contributed by atoms with Crippen molar-refractivity contribution in [2.75, 3.05) is 13.1 Å². The van der Waals surface area contributed by atoms with Gasteiger partial charge in [0.05, 0.1) is 5.02 Å². The number of pyridine rings is 1. The molecule has 0 unspecified atom stereocenters. The van der Waals surface area contributed by atoms with Crippen molar-refractivity contribution in [1.29, 1.82) is 0 Å². The first-order chi connectivity index (χ1) is 16.7. The minimum atomic E-state index is -1.99. The van der Waals surface area contributed by atoms with E-state index in [0.29, 0.717) is 27.2 Å². The molecule has 4 nitrogen and oxygen atoms in total. The van der Waals surface area contributed by atoms with Gasteiger partial charge in [0.1, 0.15) is 5.65 Å². The second-order valence-electron chi connectivity index (χ2n) is 11.2. The summed E-state index contributed by atoms with van der Waals surface area (Å²) >= 11 is 6.70. The van der Waals surface area contributed by atoms with Crippen LogP contribution in [0.5, 0.6) is 0 Å². The van der Waals surface area contributed by atoms with Crippen molar-refractivity contribution in [2.24, 2.45) is 5.92 Å². The number of likely N-dealkylation sites (tertiary alicyclic amines) is 1. The third kappa shape index (κ3) is 4.75. The van der Waals surface area contributed by atoms with E-state index in [0.717, 1.165) is 43.5 Å². The highest BCUT2D eigenvalue weighted by molar-refractivity contribution is 6.82. The van der Waals surface area contributed by atoms with Gasteiger partial charge in [-0.25, -0.2) is 4.98 Å². The summed E-state index contributed by atoms with van der Waals surface area (Å²) in [6.45, 7) is 16.8. The van der Waals surface area contributed by atoms with E-state index in [1.807, 2.05) is 6.07 Å². The number of piperidine rings is 1. The van der Waals surface area contributed by atoms with Crippen LogP contribution in [0, 0.1) is 5.92 Å². The molecule has 0 aliphatic carbocycles. The standard InChI is InChI=1S/C29H40ClN3OSi/c1-20(2)35(21(3)4,22(5)6)33-16-14-25-27(26(30)17-31-29(25)33)28(34)24-13-10-15-32(19-24)18-23-11-8-7-9-12-23/h7-9,11-12,14,16-17,20-22,24H,10,13,15,18-19H2,1-6H3/t24-/m1/s1. The number of ketones is 1. The van der Waals surface area contributed by atoms with Gasteiger partial charge < -0.3 is 4.23 Å². The summed E-state index contributed by atoms with van der Waals surface area (Å²) in [6.07, 6.45) is 5.84. The Hall–Kier alpha value is -1.95. The minimum absolute atomic E-state index is 0.0405. The van der Waals surface area contributed by atoms with Gasteiger partial charge in [0, 0.05) is 36.2 Å². The molecule has 6 heteroatoms. The normalized spacial score (nSPS) is 17.7. The summed E-state index contributed by atoms with van der Waals surface area (Å²) in [5.41, 5.74) is 4.51. The number of carbonyl (C=O) groups is 1. The molecule has 1 aliphatic rings. The maximum atomic E-state index is 14.0. The topological polar surface area (TPSA) is 38.1 Å². The van der Waals surface area contributed by atoms with E-state index in [4.69, 9.17) is 16.6 Å². The molecule has 1 fully saturated rings. The molecule has 3 heterocycles. The number of carbonyl (C=O) groups excluding carboxylic acids is 1. The Labute approximate surface area is 216 Å². The third-order valence-electron chi connectivity index (χ3n) is 8.23. The van der Waals surface area contributed by atoms with Crippen LogP contribution >= 0.6 is 11.6 Å². The maximum Gasteiger partial charge on any atom is 0.171 e. The molecule has 35 heavy (non-hydrogen) atoms. The molecule has 0 radical (unpaired) electrons. The molecule has 1 saturated heterocycles. The van der Waals surface area contributed by atoms with Gasteiger partial charge in [-0.3, -0.25) is 9.69 Å². The average Bonchev–Trinajstić information content (AvgIpc) is 3.23. The number of nitrogens with zero attached hydrogens (tertiary/aromatic N) is 3. The first-order valence-electron chi connectivity index (χ1n) is 13.1. The number of aromatic nitrogens is 2. The monoisotopic (exact) mass is 509 g/mol. The Morgan fingerprint density at radius 3 is 2.34 bits per heavy atom. The van der Waals surface area contributed by atoms with Gasteiger partial charge in [-0.05, 0) is 53.8 Å². The van der Waals surface area contributed by atoms with Crippen LogP contribution in [0.2, 0.25) is 21.6 Å². The second kappa shape index (κ2) is 10.6. The molecule has 0 spiro atoms. The van der Waals surface area contributed by atoms with Crippen molar-refractivity contribution in [2.45, 2.75) is 77.6 Å². The molecule has 2 aromatic heterocycles. The average molecular weight is 510 g/mol. The lowest BCUT2D eigenvalue weighted by atomic mass is 9.89. The second-order valence-corrected chi connectivity index (χ2v) is 17.3. The van der Waals surface area contributed by atoms with Gasteiger partial charge in [-0.1, -0.05) is 83.5 Å². The summed E-state index contributed by atoms with van der Waals surface area (Å²) in [5.74, 6) is 0.130. The summed E-state index contributed by atoms with van der Waals surface area (Å²) in [6, 6.07) is 12.6. The number of benzene rings is 1. The highest BCUT2D eigenvalue weighted by Gasteiger charge is 2.46. The molecule has 1 aromatic carbocycles. The molecule has 0 amide bonds. The maximum absolute atomic E-state index is 14.0. The molecule has 0 saturated carbocycles.